The van der Waals surface area contributed by atoms with Crippen LogP contribution < -0.4 is 0 Å². The Labute approximate surface area is 123 Å². The zero-order valence-corrected chi connectivity index (χ0v) is 13.8. The number of carbonyl (C=O) groups excluding carboxylic acids is 1. The van der Waals surface area contributed by atoms with E-state index in [0.29, 0.717) is 18.1 Å². The second kappa shape index (κ2) is 6.27. The molecule has 4 nitrogen and oxygen atoms in total. The minimum Gasteiger partial charge on any atom is -0.296 e. The predicted octanol–water partition coefficient (Wildman–Crippen LogP) is 3.33. The van der Waals surface area contributed by atoms with Crippen LogP contribution in [0.1, 0.15) is 53.9 Å². The second-order valence-corrected chi connectivity index (χ2v) is 7.22. The van der Waals surface area contributed by atoms with Gasteiger partial charge in [-0.1, -0.05) is 6.58 Å². The zero-order chi connectivity index (χ0) is 15.6. The first kappa shape index (κ1) is 17.2. The van der Waals surface area contributed by atoms with Crippen LogP contribution in [0.3, 0.4) is 0 Å². The number of hydrogen-bond acceptors (Lipinski definition) is 4. The molecule has 0 N–H and O–H groups in total. The highest BCUT2D eigenvalue weighted by Gasteiger charge is 2.42. The van der Waals surface area contributed by atoms with Crippen molar-refractivity contribution in [1.82, 2.24) is 4.90 Å². The van der Waals surface area contributed by atoms with Crippen LogP contribution >= 0.6 is 0 Å². The molecule has 116 valence electrons. The molecule has 0 spiro atoms. The largest absolute Gasteiger partial charge is 0.368 e. The average molecular weight is 283 g/mol. The number of carbonyl (C=O) groups is 1. The molecule has 0 aromatic rings. The summed E-state index contributed by atoms with van der Waals surface area (Å²) in [5.74, 6) is 0.0915. The summed E-state index contributed by atoms with van der Waals surface area (Å²) in [7, 11) is 2.20. The summed E-state index contributed by atoms with van der Waals surface area (Å²) >= 11 is 0. The topological polar surface area (TPSA) is 38.8 Å². The minimum atomic E-state index is -0.492. The molecule has 1 aliphatic rings. The maximum absolute atomic E-state index is 11.2. The van der Waals surface area contributed by atoms with E-state index in [1.807, 2.05) is 0 Å². The Morgan fingerprint density at radius 1 is 1.25 bits per heavy atom. The van der Waals surface area contributed by atoms with Crippen LogP contribution in [-0.4, -0.2) is 35.6 Å². The normalized spacial score (nSPS) is 22.5. The monoisotopic (exact) mass is 283 g/mol. The third kappa shape index (κ3) is 4.32. The van der Waals surface area contributed by atoms with Gasteiger partial charge in [-0.3, -0.25) is 9.79 Å². The fourth-order valence-electron chi connectivity index (χ4n) is 3.16. The molecule has 0 saturated carbocycles. The van der Waals surface area contributed by atoms with Crippen LogP contribution in [0.25, 0.3) is 0 Å². The standard InChI is InChI=1S/C16H29NO3/c1-12(2)14(18)20-19-9-8-13-10-15(3,4)17(7)16(5,6)11-13/h13H,1,8-11H2,2-7H3. The van der Waals surface area contributed by atoms with Crippen molar-refractivity contribution < 1.29 is 14.6 Å². The summed E-state index contributed by atoms with van der Waals surface area (Å²) in [5.41, 5.74) is 0.716. The Morgan fingerprint density at radius 3 is 2.20 bits per heavy atom. The summed E-state index contributed by atoms with van der Waals surface area (Å²) in [5, 5.41) is 0. The van der Waals surface area contributed by atoms with Crippen LogP contribution in [0, 0.1) is 5.92 Å². The first-order chi connectivity index (χ1) is 9.06. The van der Waals surface area contributed by atoms with Gasteiger partial charge in [0.2, 0.25) is 0 Å². The lowest BCUT2D eigenvalue weighted by molar-refractivity contribution is -0.270. The Bertz CT molecular complexity index is 356. The smallest absolute Gasteiger partial charge is 0.296 e. The van der Waals surface area contributed by atoms with Crippen molar-refractivity contribution >= 4 is 5.97 Å². The van der Waals surface area contributed by atoms with Gasteiger partial charge in [-0.2, -0.15) is 4.89 Å². The molecule has 1 aliphatic heterocycles. The minimum absolute atomic E-state index is 0.181. The van der Waals surface area contributed by atoms with Gasteiger partial charge in [-0.15, -0.1) is 0 Å². The highest BCUT2D eigenvalue weighted by Crippen LogP contribution is 2.41. The summed E-state index contributed by atoms with van der Waals surface area (Å²) in [4.78, 5) is 23.3. The van der Waals surface area contributed by atoms with Crippen LogP contribution in [0.5, 0.6) is 0 Å². The lowest BCUT2D eigenvalue weighted by Gasteiger charge is -2.53. The fourth-order valence-corrected chi connectivity index (χ4v) is 3.16. The molecule has 0 amide bonds. The molecule has 20 heavy (non-hydrogen) atoms. The summed E-state index contributed by atoms with van der Waals surface area (Å²) in [6, 6.07) is 0. The molecule has 0 radical (unpaired) electrons. The Balaban J connectivity index is 2.42. The second-order valence-electron chi connectivity index (χ2n) is 7.22. The Hall–Kier alpha value is -0.870. The average Bonchev–Trinajstić information content (AvgIpc) is 2.30. The van der Waals surface area contributed by atoms with Gasteiger partial charge in [-0.25, -0.2) is 4.79 Å². The number of rotatable bonds is 5. The lowest BCUT2D eigenvalue weighted by Crippen LogP contribution is -2.58. The molecule has 1 rings (SSSR count). The van der Waals surface area contributed by atoms with Crippen LogP contribution in [0.4, 0.5) is 0 Å². The van der Waals surface area contributed by atoms with Crippen molar-refractivity contribution in [2.75, 3.05) is 13.7 Å². The fraction of sp³-hybridized carbons (Fsp3) is 0.812. The predicted molar refractivity (Wildman–Crippen MR) is 80.1 cm³/mol. The van der Waals surface area contributed by atoms with Crippen molar-refractivity contribution in [2.24, 2.45) is 5.92 Å². The molecule has 0 aromatic heterocycles. The van der Waals surface area contributed by atoms with Crippen molar-refractivity contribution in [2.45, 2.75) is 65.0 Å². The van der Waals surface area contributed by atoms with E-state index >= 15 is 0 Å². The molecule has 0 bridgehead atoms. The van der Waals surface area contributed by atoms with Gasteiger partial charge in [0, 0.05) is 16.7 Å². The van der Waals surface area contributed by atoms with E-state index in [0.717, 1.165) is 19.3 Å². The molecule has 1 saturated heterocycles. The maximum Gasteiger partial charge on any atom is 0.368 e. The van der Waals surface area contributed by atoms with E-state index < -0.39 is 5.97 Å². The van der Waals surface area contributed by atoms with Gasteiger partial charge in [0.05, 0.1) is 6.61 Å². The van der Waals surface area contributed by atoms with Gasteiger partial charge in [0.1, 0.15) is 0 Å². The first-order valence-electron chi connectivity index (χ1n) is 7.29. The van der Waals surface area contributed by atoms with E-state index in [-0.39, 0.29) is 11.1 Å². The highest BCUT2D eigenvalue weighted by molar-refractivity contribution is 5.86. The molecule has 0 unspecified atom stereocenters. The van der Waals surface area contributed by atoms with Gasteiger partial charge in [-0.05, 0) is 66.8 Å². The van der Waals surface area contributed by atoms with Gasteiger partial charge in [0.15, 0.2) is 0 Å². The summed E-state index contributed by atoms with van der Waals surface area (Å²) < 4.78 is 0. The van der Waals surface area contributed by atoms with Crippen LogP contribution in [0.15, 0.2) is 12.2 Å². The van der Waals surface area contributed by atoms with E-state index in [1.54, 1.807) is 6.92 Å². The van der Waals surface area contributed by atoms with Crippen LogP contribution in [0.2, 0.25) is 0 Å². The highest BCUT2D eigenvalue weighted by atomic mass is 17.2. The van der Waals surface area contributed by atoms with E-state index in [1.165, 1.54) is 0 Å². The number of nitrogens with zero attached hydrogens (tertiary/aromatic N) is 1. The molecule has 1 heterocycles. The van der Waals surface area contributed by atoms with Crippen LogP contribution in [-0.2, 0) is 14.6 Å². The molecule has 0 aliphatic carbocycles. The molecule has 0 aromatic carbocycles. The summed E-state index contributed by atoms with van der Waals surface area (Å²) in [6.07, 6.45) is 3.17. The third-order valence-corrected chi connectivity index (χ3v) is 4.48. The van der Waals surface area contributed by atoms with E-state index in [2.05, 4.69) is 51.1 Å². The molecular formula is C16H29NO3. The molecule has 0 atom stereocenters. The van der Waals surface area contributed by atoms with E-state index in [9.17, 15) is 4.79 Å². The summed E-state index contributed by atoms with van der Waals surface area (Å²) in [6.45, 7) is 14.7. The molecule has 1 fully saturated rings. The molecular weight excluding hydrogens is 254 g/mol. The quantitative estimate of drug-likeness (QED) is 0.336. The number of piperidine rings is 1. The van der Waals surface area contributed by atoms with Crippen molar-refractivity contribution in [3.63, 3.8) is 0 Å². The zero-order valence-electron chi connectivity index (χ0n) is 13.8. The van der Waals surface area contributed by atoms with Gasteiger partial charge >= 0.3 is 5.97 Å². The van der Waals surface area contributed by atoms with Crippen molar-refractivity contribution in [1.29, 1.82) is 0 Å². The SMILES string of the molecule is C=C(C)C(=O)OOCCC1CC(C)(C)N(C)C(C)(C)C1. The maximum atomic E-state index is 11.2. The number of likely N-dealkylation sites (tertiary alicyclic amines) is 1. The number of hydrogen-bond donors (Lipinski definition) is 0. The Kier molecular flexibility index (Phi) is 5.39. The first-order valence-corrected chi connectivity index (χ1v) is 7.29. The third-order valence-electron chi connectivity index (χ3n) is 4.48. The van der Waals surface area contributed by atoms with Crippen molar-refractivity contribution in [3.05, 3.63) is 12.2 Å². The van der Waals surface area contributed by atoms with Gasteiger partial charge in [0.25, 0.3) is 0 Å². The lowest BCUT2D eigenvalue weighted by atomic mass is 9.73. The van der Waals surface area contributed by atoms with Gasteiger partial charge < -0.3 is 0 Å². The Morgan fingerprint density at radius 2 is 1.75 bits per heavy atom. The van der Waals surface area contributed by atoms with E-state index in [4.69, 9.17) is 4.89 Å². The van der Waals surface area contributed by atoms with Crippen molar-refractivity contribution in [3.8, 4) is 0 Å². The molecule has 4 heteroatoms.